The van der Waals surface area contributed by atoms with E-state index in [4.69, 9.17) is 4.74 Å². The minimum atomic E-state index is -0.835. The molecule has 0 aromatic heterocycles. The molecule has 2 aliphatic rings. The second kappa shape index (κ2) is 5.73. The van der Waals surface area contributed by atoms with E-state index in [1.807, 2.05) is 0 Å². The van der Waals surface area contributed by atoms with Crippen LogP contribution in [0.25, 0.3) is 0 Å². The highest BCUT2D eigenvalue weighted by Crippen LogP contribution is 2.48. The molecule has 2 saturated carbocycles. The van der Waals surface area contributed by atoms with Crippen LogP contribution in [0.4, 0.5) is 4.39 Å². The molecule has 0 heterocycles. The Morgan fingerprint density at radius 2 is 2.14 bits per heavy atom. The number of carbonyl (C=O) groups is 1. The predicted molar refractivity (Wildman–Crippen MR) is 80.1 cm³/mol. The van der Waals surface area contributed by atoms with Crippen molar-refractivity contribution in [1.29, 1.82) is 0 Å². The van der Waals surface area contributed by atoms with Crippen molar-refractivity contribution in [3.8, 4) is 17.6 Å². The molecule has 1 N–H and O–H groups in total. The van der Waals surface area contributed by atoms with Crippen molar-refractivity contribution in [1.82, 2.24) is 0 Å². The van der Waals surface area contributed by atoms with Gasteiger partial charge in [-0.1, -0.05) is 5.92 Å². The molecule has 3 nitrogen and oxygen atoms in total. The summed E-state index contributed by atoms with van der Waals surface area (Å²) in [5.41, 5.74) is 0.680. The van der Waals surface area contributed by atoms with Crippen LogP contribution >= 0.6 is 0 Å². The molecule has 116 valence electrons. The highest BCUT2D eigenvalue weighted by atomic mass is 19.1. The fourth-order valence-electron chi connectivity index (χ4n) is 3.87. The van der Waals surface area contributed by atoms with E-state index < -0.39 is 17.8 Å². The molecule has 4 unspecified atom stereocenters. The summed E-state index contributed by atoms with van der Waals surface area (Å²) in [6.07, 6.45) is 1.51. The third-order valence-corrected chi connectivity index (χ3v) is 4.90. The Labute approximate surface area is 129 Å². The summed E-state index contributed by atoms with van der Waals surface area (Å²) in [6, 6.07) is 2.94. The van der Waals surface area contributed by atoms with E-state index in [-0.39, 0.29) is 28.9 Å². The maximum Gasteiger partial charge on any atom is 0.146 e. The van der Waals surface area contributed by atoms with Crippen LogP contribution in [-0.2, 0) is 4.79 Å². The number of hydrogen-bond acceptors (Lipinski definition) is 3. The lowest BCUT2D eigenvalue weighted by atomic mass is 9.73. The zero-order chi connectivity index (χ0) is 15.9. The van der Waals surface area contributed by atoms with Gasteiger partial charge in [-0.3, -0.25) is 4.79 Å². The van der Waals surface area contributed by atoms with Crippen molar-refractivity contribution in [3.05, 3.63) is 29.1 Å². The minimum Gasteiger partial charge on any atom is -0.496 e. The molecule has 3 rings (SSSR count). The third kappa shape index (κ3) is 2.30. The number of benzene rings is 1. The van der Waals surface area contributed by atoms with Crippen LogP contribution in [0.3, 0.4) is 0 Å². The van der Waals surface area contributed by atoms with Crippen molar-refractivity contribution in [2.45, 2.75) is 38.2 Å². The fraction of sp³-hybridized carbons (Fsp3) is 0.500. The van der Waals surface area contributed by atoms with Crippen molar-refractivity contribution in [3.63, 3.8) is 0 Å². The maximum absolute atomic E-state index is 14.6. The summed E-state index contributed by atoms with van der Waals surface area (Å²) in [6.45, 7) is 1.67. The van der Waals surface area contributed by atoms with Crippen LogP contribution in [0.15, 0.2) is 12.1 Å². The van der Waals surface area contributed by atoms with Gasteiger partial charge in [-0.25, -0.2) is 4.39 Å². The number of carbonyl (C=O) groups excluding carboxylic acids is 1. The fourth-order valence-corrected chi connectivity index (χ4v) is 3.87. The molecule has 22 heavy (non-hydrogen) atoms. The molecule has 2 aliphatic carbocycles. The number of aliphatic hydroxyl groups is 1. The molecular formula is C18H19FO3. The number of methoxy groups -OCH3 is 1. The zero-order valence-corrected chi connectivity index (χ0v) is 12.7. The van der Waals surface area contributed by atoms with Crippen molar-refractivity contribution in [2.24, 2.45) is 11.8 Å². The van der Waals surface area contributed by atoms with Crippen molar-refractivity contribution < 1.29 is 19.0 Å². The largest absolute Gasteiger partial charge is 0.496 e. The second-order valence-electron chi connectivity index (χ2n) is 6.09. The van der Waals surface area contributed by atoms with E-state index in [2.05, 4.69) is 11.8 Å². The number of Topliss-reactive ketones (excluding diaryl/α,β-unsaturated/α-hetero) is 1. The Bertz CT molecular complexity index is 671. The summed E-state index contributed by atoms with van der Waals surface area (Å²) in [7, 11) is 1.44. The minimum absolute atomic E-state index is 0.0578. The average Bonchev–Trinajstić information content (AvgIpc) is 2.94. The van der Waals surface area contributed by atoms with Crippen LogP contribution in [0.5, 0.6) is 5.75 Å². The number of hydrogen-bond donors (Lipinski definition) is 1. The zero-order valence-electron chi connectivity index (χ0n) is 12.7. The second-order valence-corrected chi connectivity index (χ2v) is 6.09. The summed E-state index contributed by atoms with van der Waals surface area (Å²) < 4.78 is 19.9. The predicted octanol–water partition coefficient (Wildman–Crippen LogP) is 2.65. The molecule has 4 atom stereocenters. The van der Waals surface area contributed by atoms with Gasteiger partial charge < -0.3 is 9.84 Å². The van der Waals surface area contributed by atoms with E-state index in [1.165, 1.54) is 13.2 Å². The lowest BCUT2D eigenvalue weighted by molar-refractivity contribution is -0.130. The first-order chi connectivity index (χ1) is 10.6. The van der Waals surface area contributed by atoms with E-state index in [9.17, 15) is 14.3 Å². The van der Waals surface area contributed by atoms with E-state index in [0.717, 1.165) is 19.3 Å². The lowest BCUT2D eigenvalue weighted by Gasteiger charge is -2.33. The van der Waals surface area contributed by atoms with Gasteiger partial charge in [0, 0.05) is 17.0 Å². The van der Waals surface area contributed by atoms with E-state index >= 15 is 0 Å². The van der Waals surface area contributed by atoms with E-state index in [0.29, 0.717) is 5.56 Å². The van der Waals surface area contributed by atoms with E-state index in [1.54, 1.807) is 13.0 Å². The molecular weight excluding hydrogens is 283 g/mol. The number of rotatable bonds is 2. The first-order valence-electron chi connectivity index (χ1n) is 7.58. The average molecular weight is 302 g/mol. The summed E-state index contributed by atoms with van der Waals surface area (Å²) in [5.74, 6) is 4.39. The number of ketones is 1. The molecule has 1 aromatic rings. The van der Waals surface area contributed by atoms with Crippen LogP contribution < -0.4 is 4.74 Å². The molecule has 0 aliphatic heterocycles. The van der Waals surface area contributed by atoms with Gasteiger partial charge >= 0.3 is 0 Å². The lowest BCUT2D eigenvalue weighted by Crippen LogP contribution is -2.39. The Morgan fingerprint density at radius 3 is 2.82 bits per heavy atom. The highest BCUT2D eigenvalue weighted by Gasteiger charge is 2.49. The van der Waals surface area contributed by atoms with Crippen LogP contribution in [-0.4, -0.2) is 24.1 Å². The van der Waals surface area contributed by atoms with Gasteiger partial charge in [0.15, 0.2) is 0 Å². The van der Waals surface area contributed by atoms with Crippen molar-refractivity contribution >= 4 is 5.78 Å². The number of ether oxygens (including phenoxy) is 1. The van der Waals surface area contributed by atoms with Crippen LogP contribution in [0, 0.1) is 29.5 Å². The van der Waals surface area contributed by atoms with Gasteiger partial charge in [0.05, 0.1) is 19.1 Å². The Kier molecular flexibility index (Phi) is 3.92. The summed E-state index contributed by atoms with van der Waals surface area (Å²) in [5, 5.41) is 10.5. The van der Waals surface area contributed by atoms with Gasteiger partial charge in [0.2, 0.25) is 0 Å². The molecule has 0 radical (unpaired) electrons. The van der Waals surface area contributed by atoms with Gasteiger partial charge in [-0.15, -0.1) is 5.92 Å². The Morgan fingerprint density at radius 1 is 1.36 bits per heavy atom. The van der Waals surface area contributed by atoms with Gasteiger partial charge in [0.25, 0.3) is 0 Å². The third-order valence-electron chi connectivity index (χ3n) is 4.90. The number of fused-ring (bicyclic) bond motifs is 2. The molecule has 2 bridgehead atoms. The monoisotopic (exact) mass is 302 g/mol. The SMILES string of the molecule is CC#Cc1cc(F)c(C2C(=O)C3CCC(C3)C2O)c(OC)c1. The van der Waals surface area contributed by atoms with Gasteiger partial charge in [-0.2, -0.15) is 0 Å². The first-order valence-corrected chi connectivity index (χ1v) is 7.58. The quantitative estimate of drug-likeness (QED) is 0.854. The molecule has 0 spiro atoms. The topological polar surface area (TPSA) is 46.5 Å². The summed E-state index contributed by atoms with van der Waals surface area (Å²) >= 11 is 0. The first kappa shape index (κ1) is 15.1. The number of halogens is 1. The smallest absolute Gasteiger partial charge is 0.146 e. The van der Waals surface area contributed by atoms with Crippen molar-refractivity contribution in [2.75, 3.05) is 7.11 Å². The van der Waals surface area contributed by atoms with Crippen LogP contribution in [0.1, 0.15) is 43.2 Å². The highest BCUT2D eigenvalue weighted by molar-refractivity contribution is 5.90. The Hall–Kier alpha value is -1.86. The summed E-state index contributed by atoms with van der Waals surface area (Å²) in [4.78, 5) is 12.6. The normalized spacial score (nSPS) is 29.9. The molecule has 2 fully saturated rings. The Balaban J connectivity index is 2.10. The van der Waals surface area contributed by atoms with Crippen LogP contribution in [0.2, 0.25) is 0 Å². The molecule has 4 heteroatoms. The number of aliphatic hydroxyl groups excluding tert-OH is 1. The molecule has 1 aromatic carbocycles. The molecule has 0 amide bonds. The maximum atomic E-state index is 14.6. The van der Waals surface area contributed by atoms with Gasteiger partial charge in [0.1, 0.15) is 17.3 Å². The molecule has 0 saturated heterocycles. The van der Waals surface area contributed by atoms with Gasteiger partial charge in [-0.05, 0) is 44.2 Å². The standard InChI is InChI=1S/C18H19FO3/c1-3-4-10-7-13(19)15(14(8-10)22-2)16-17(20)11-5-6-12(9-11)18(16)21/h7-8,11-12,16-17,20H,5-6,9H2,1-2H3.